The molecule has 210 valence electrons. The summed E-state index contributed by atoms with van der Waals surface area (Å²) in [6.07, 6.45) is 1.69. The molecule has 0 saturated carbocycles. The zero-order valence-corrected chi connectivity index (χ0v) is 24.9. The fourth-order valence-corrected chi connectivity index (χ4v) is 5.72. The molecule has 0 bridgehead atoms. The van der Waals surface area contributed by atoms with Crippen LogP contribution in [0.1, 0.15) is 27.9 Å². The van der Waals surface area contributed by atoms with E-state index in [2.05, 4.69) is 26.6 Å². The van der Waals surface area contributed by atoms with E-state index in [4.69, 9.17) is 0 Å². The molecule has 42 heavy (non-hydrogen) atoms. The topological polar surface area (TPSA) is 95.6 Å². The Hall–Kier alpha value is -4.47. The summed E-state index contributed by atoms with van der Waals surface area (Å²) in [6, 6.07) is 30.3. The van der Waals surface area contributed by atoms with Gasteiger partial charge in [-0.25, -0.2) is 4.90 Å². The molecule has 0 spiro atoms. The zero-order valence-electron chi connectivity index (χ0n) is 22.5. The maximum atomic E-state index is 13.4. The van der Waals surface area contributed by atoms with Crippen LogP contribution >= 0.6 is 27.7 Å². The van der Waals surface area contributed by atoms with Gasteiger partial charge >= 0.3 is 0 Å². The SMILES string of the molecule is Cc1ccc(/C=C(\NC(=O)c2ccccc2)C(=O)Nc2cccc(SC3CC(=O)N(c4ccc(Br)cc4)C3=O)c2)cc1. The number of rotatable bonds is 8. The molecule has 4 aromatic rings. The van der Waals surface area contributed by atoms with Crippen molar-refractivity contribution in [1.82, 2.24) is 5.32 Å². The first kappa shape index (κ1) is 29.0. The molecule has 9 heteroatoms. The average Bonchev–Trinajstić information content (AvgIpc) is 3.26. The maximum absolute atomic E-state index is 13.4. The highest BCUT2D eigenvalue weighted by Crippen LogP contribution is 2.35. The molecule has 1 saturated heterocycles. The van der Waals surface area contributed by atoms with E-state index in [9.17, 15) is 19.2 Å². The van der Waals surface area contributed by atoms with Crippen molar-refractivity contribution in [3.63, 3.8) is 0 Å². The van der Waals surface area contributed by atoms with Crippen molar-refractivity contribution in [2.45, 2.75) is 23.5 Å². The lowest BCUT2D eigenvalue weighted by molar-refractivity contribution is -0.121. The lowest BCUT2D eigenvalue weighted by atomic mass is 10.1. The summed E-state index contributed by atoms with van der Waals surface area (Å²) in [5, 5.41) is 5.00. The molecule has 1 aliphatic rings. The number of benzene rings is 4. The molecule has 1 atom stereocenters. The number of anilines is 2. The molecule has 1 fully saturated rings. The smallest absolute Gasteiger partial charge is 0.272 e. The Bertz CT molecular complexity index is 1670. The van der Waals surface area contributed by atoms with Gasteiger partial charge in [-0.1, -0.05) is 70.0 Å². The maximum Gasteiger partial charge on any atom is 0.272 e. The molecule has 4 aromatic carbocycles. The monoisotopic (exact) mass is 639 g/mol. The molecular formula is C33H26BrN3O4S. The third kappa shape index (κ3) is 7.05. The van der Waals surface area contributed by atoms with E-state index in [0.717, 1.165) is 15.6 Å². The number of hydrogen-bond donors (Lipinski definition) is 2. The molecule has 0 aliphatic carbocycles. The van der Waals surface area contributed by atoms with Crippen LogP contribution in [0.3, 0.4) is 0 Å². The highest BCUT2D eigenvalue weighted by atomic mass is 79.9. The molecular weight excluding hydrogens is 614 g/mol. The molecule has 1 heterocycles. The number of nitrogens with one attached hydrogen (secondary N) is 2. The van der Waals surface area contributed by atoms with E-state index < -0.39 is 17.1 Å². The Morgan fingerprint density at radius 2 is 1.62 bits per heavy atom. The first-order valence-corrected chi connectivity index (χ1v) is 14.8. The molecule has 7 nitrogen and oxygen atoms in total. The highest BCUT2D eigenvalue weighted by Gasteiger charge is 2.40. The van der Waals surface area contributed by atoms with Crippen molar-refractivity contribution in [1.29, 1.82) is 0 Å². The van der Waals surface area contributed by atoms with Crippen LogP contribution in [0.2, 0.25) is 0 Å². The van der Waals surface area contributed by atoms with Crippen LogP contribution in [-0.4, -0.2) is 28.9 Å². The second-order valence-corrected chi connectivity index (χ2v) is 11.8. The average molecular weight is 641 g/mol. The summed E-state index contributed by atoms with van der Waals surface area (Å²) in [5.74, 6) is -1.46. The summed E-state index contributed by atoms with van der Waals surface area (Å²) in [5.41, 5.74) is 3.34. The van der Waals surface area contributed by atoms with E-state index in [0.29, 0.717) is 21.8 Å². The second-order valence-electron chi connectivity index (χ2n) is 9.63. The van der Waals surface area contributed by atoms with Crippen LogP contribution < -0.4 is 15.5 Å². The van der Waals surface area contributed by atoms with Crippen molar-refractivity contribution in [2.24, 2.45) is 0 Å². The number of carbonyl (C=O) groups is 4. The lowest BCUT2D eigenvalue weighted by Crippen LogP contribution is -2.31. The number of hydrogen-bond acceptors (Lipinski definition) is 5. The molecule has 0 aromatic heterocycles. The van der Waals surface area contributed by atoms with E-state index >= 15 is 0 Å². The number of nitrogens with zero attached hydrogens (tertiary/aromatic N) is 1. The van der Waals surface area contributed by atoms with Crippen LogP contribution in [0.15, 0.2) is 118 Å². The van der Waals surface area contributed by atoms with Crippen molar-refractivity contribution < 1.29 is 19.2 Å². The Labute approximate surface area is 256 Å². The minimum atomic E-state index is -0.589. The summed E-state index contributed by atoms with van der Waals surface area (Å²) < 4.78 is 0.853. The highest BCUT2D eigenvalue weighted by molar-refractivity contribution is 9.10. The van der Waals surface area contributed by atoms with Gasteiger partial charge in [0.1, 0.15) is 5.70 Å². The van der Waals surface area contributed by atoms with Gasteiger partial charge in [0, 0.05) is 27.0 Å². The van der Waals surface area contributed by atoms with Gasteiger partial charge in [-0.3, -0.25) is 19.2 Å². The predicted molar refractivity (Wildman–Crippen MR) is 169 cm³/mol. The fourth-order valence-electron chi connectivity index (χ4n) is 4.34. The van der Waals surface area contributed by atoms with Crippen LogP contribution in [0.5, 0.6) is 0 Å². The minimum Gasteiger partial charge on any atom is -0.321 e. The first-order chi connectivity index (χ1) is 20.3. The van der Waals surface area contributed by atoms with Gasteiger partial charge in [0.2, 0.25) is 11.8 Å². The Morgan fingerprint density at radius 1 is 0.905 bits per heavy atom. The molecule has 0 radical (unpaired) electrons. The number of imide groups is 1. The van der Waals surface area contributed by atoms with E-state index in [-0.39, 0.29) is 23.9 Å². The number of amides is 4. The van der Waals surface area contributed by atoms with Crippen LogP contribution in [0.4, 0.5) is 11.4 Å². The van der Waals surface area contributed by atoms with Gasteiger partial charge in [-0.15, -0.1) is 11.8 Å². The first-order valence-electron chi connectivity index (χ1n) is 13.1. The van der Waals surface area contributed by atoms with Gasteiger partial charge in [0.15, 0.2) is 0 Å². The van der Waals surface area contributed by atoms with Crippen molar-refractivity contribution in [2.75, 3.05) is 10.2 Å². The summed E-state index contributed by atoms with van der Waals surface area (Å²) in [6.45, 7) is 1.97. The van der Waals surface area contributed by atoms with Crippen LogP contribution in [0.25, 0.3) is 6.08 Å². The van der Waals surface area contributed by atoms with Gasteiger partial charge in [-0.2, -0.15) is 0 Å². The minimum absolute atomic E-state index is 0.0745. The Balaban J connectivity index is 1.32. The van der Waals surface area contributed by atoms with Gasteiger partial charge in [0.05, 0.1) is 10.9 Å². The molecule has 5 rings (SSSR count). The van der Waals surface area contributed by atoms with E-state index in [1.54, 1.807) is 72.8 Å². The zero-order chi connectivity index (χ0) is 29.6. The summed E-state index contributed by atoms with van der Waals surface area (Å²) >= 11 is 4.64. The largest absolute Gasteiger partial charge is 0.321 e. The van der Waals surface area contributed by atoms with Crippen molar-refractivity contribution in [3.05, 3.63) is 130 Å². The normalized spacial score (nSPS) is 15.0. The third-order valence-electron chi connectivity index (χ3n) is 6.48. The van der Waals surface area contributed by atoms with Crippen molar-refractivity contribution >= 4 is 68.8 Å². The Kier molecular flexibility index (Phi) is 9.00. The molecule has 2 N–H and O–H groups in total. The summed E-state index contributed by atoms with van der Waals surface area (Å²) in [4.78, 5) is 54.1. The van der Waals surface area contributed by atoms with E-state index in [1.165, 1.54) is 16.7 Å². The van der Waals surface area contributed by atoms with Gasteiger partial charge < -0.3 is 10.6 Å². The van der Waals surface area contributed by atoms with Crippen LogP contribution in [-0.2, 0) is 14.4 Å². The molecule has 1 aliphatic heterocycles. The molecule has 4 amide bonds. The third-order valence-corrected chi connectivity index (χ3v) is 8.19. The standard InChI is InChI=1S/C33H26BrN3O4S/c1-21-10-12-22(13-11-21)18-28(36-31(39)23-6-3-2-4-7-23)32(40)35-25-8-5-9-27(19-25)42-29-20-30(38)37(33(29)41)26-16-14-24(34)15-17-26/h2-19,29H,20H2,1H3,(H,35,40)(H,36,39)/b28-18-. The van der Waals surface area contributed by atoms with Gasteiger partial charge in [-0.05, 0) is 73.2 Å². The van der Waals surface area contributed by atoms with Crippen LogP contribution in [0, 0.1) is 6.92 Å². The Morgan fingerprint density at radius 3 is 2.33 bits per heavy atom. The number of halogens is 1. The summed E-state index contributed by atoms with van der Waals surface area (Å²) in [7, 11) is 0. The van der Waals surface area contributed by atoms with Gasteiger partial charge in [0.25, 0.3) is 11.8 Å². The number of thioether (sulfide) groups is 1. The number of carbonyl (C=O) groups excluding carboxylic acids is 4. The fraction of sp³-hybridized carbons (Fsp3) is 0.0909. The molecule has 1 unspecified atom stereocenters. The van der Waals surface area contributed by atoms with E-state index in [1.807, 2.05) is 43.3 Å². The lowest BCUT2D eigenvalue weighted by Gasteiger charge is -2.15. The number of aryl methyl sites for hydroxylation is 1. The quantitative estimate of drug-likeness (QED) is 0.167. The predicted octanol–water partition coefficient (Wildman–Crippen LogP) is 6.59. The second kappa shape index (κ2) is 13.0. The van der Waals surface area contributed by atoms with Crippen molar-refractivity contribution in [3.8, 4) is 0 Å².